The van der Waals surface area contributed by atoms with Crippen molar-refractivity contribution < 1.29 is 19.1 Å². The molecule has 0 bridgehead atoms. The van der Waals surface area contributed by atoms with Gasteiger partial charge in [-0.25, -0.2) is 4.79 Å². The lowest BCUT2D eigenvalue weighted by Gasteiger charge is -2.29. The molecule has 0 amide bonds. The molecule has 4 heteroatoms. The van der Waals surface area contributed by atoms with E-state index >= 15 is 0 Å². The first-order valence-electron chi connectivity index (χ1n) is 9.14. The van der Waals surface area contributed by atoms with Crippen LogP contribution >= 0.6 is 0 Å². The summed E-state index contributed by atoms with van der Waals surface area (Å²) in [6.07, 6.45) is 8.91. The number of carbonyl (C=O) groups excluding carboxylic acids is 2. The van der Waals surface area contributed by atoms with E-state index in [1.54, 1.807) is 0 Å². The van der Waals surface area contributed by atoms with E-state index in [0.29, 0.717) is 13.2 Å². The molecule has 0 aromatic heterocycles. The third-order valence-corrected chi connectivity index (χ3v) is 4.49. The van der Waals surface area contributed by atoms with Gasteiger partial charge in [-0.3, -0.25) is 4.79 Å². The first-order chi connectivity index (χ1) is 11.1. The van der Waals surface area contributed by atoms with Crippen molar-refractivity contribution in [3.05, 3.63) is 12.2 Å². The summed E-state index contributed by atoms with van der Waals surface area (Å²) >= 11 is 0. The second-order valence-electron chi connectivity index (χ2n) is 6.41. The first kappa shape index (κ1) is 19.7. The topological polar surface area (TPSA) is 52.6 Å². The monoisotopic (exact) mass is 324 g/mol. The molecule has 132 valence electrons. The second kappa shape index (κ2) is 11.3. The van der Waals surface area contributed by atoms with Gasteiger partial charge in [0.1, 0.15) is 0 Å². The molecule has 0 spiro atoms. The van der Waals surface area contributed by atoms with Gasteiger partial charge in [0.15, 0.2) is 0 Å². The molecule has 0 aromatic rings. The van der Waals surface area contributed by atoms with E-state index in [-0.39, 0.29) is 17.5 Å². The second-order valence-corrected chi connectivity index (χ2v) is 6.41. The van der Waals surface area contributed by atoms with Crippen molar-refractivity contribution in [2.45, 2.75) is 71.6 Å². The number of ether oxygens (including phenoxy) is 2. The molecule has 1 unspecified atom stereocenters. The molecule has 4 nitrogen and oxygen atoms in total. The van der Waals surface area contributed by atoms with Crippen LogP contribution in [0.15, 0.2) is 12.2 Å². The highest BCUT2D eigenvalue weighted by molar-refractivity contribution is 5.95. The quantitative estimate of drug-likeness (QED) is 0.339. The van der Waals surface area contributed by atoms with Crippen LogP contribution in [0, 0.1) is 11.8 Å². The molecule has 1 rings (SSSR count). The van der Waals surface area contributed by atoms with E-state index in [0.717, 1.165) is 51.4 Å². The SMILES string of the molecule is C=C(C(=O)OCCCC)C(C(=O)OCCCC)C1CCCCC1. The predicted octanol–water partition coefficient (Wildman–Crippen LogP) is 4.43. The zero-order valence-corrected chi connectivity index (χ0v) is 14.8. The highest BCUT2D eigenvalue weighted by Gasteiger charge is 2.36. The number of hydrogen-bond donors (Lipinski definition) is 0. The lowest BCUT2D eigenvalue weighted by Crippen LogP contribution is -2.32. The van der Waals surface area contributed by atoms with Crippen LogP contribution in [0.2, 0.25) is 0 Å². The summed E-state index contributed by atoms with van der Waals surface area (Å²) in [5.41, 5.74) is 0.273. The molecule has 0 saturated heterocycles. The van der Waals surface area contributed by atoms with Crippen molar-refractivity contribution in [1.29, 1.82) is 0 Å². The van der Waals surface area contributed by atoms with E-state index in [1.165, 1.54) is 6.42 Å². The molecule has 1 saturated carbocycles. The summed E-state index contributed by atoms with van der Waals surface area (Å²) in [5, 5.41) is 0. The Morgan fingerprint density at radius 1 is 1.00 bits per heavy atom. The van der Waals surface area contributed by atoms with Crippen LogP contribution in [0.4, 0.5) is 0 Å². The molecule has 23 heavy (non-hydrogen) atoms. The van der Waals surface area contributed by atoms with Gasteiger partial charge >= 0.3 is 11.9 Å². The van der Waals surface area contributed by atoms with E-state index < -0.39 is 11.9 Å². The Morgan fingerprint density at radius 3 is 2.13 bits per heavy atom. The standard InChI is InChI=1S/C19H32O4/c1-4-6-13-22-18(20)15(3)17(16-11-9-8-10-12-16)19(21)23-14-7-5-2/h16-17H,3-14H2,1-2H3. The van der Waals surface area contributed by atoms with E-state index in [9.17, 15) is 9.59 Å². The molecule has 0 N–H and O–H groups in total. The maximum atomic E-state index is 12.5. The lowest BCUT2D eigenvalue weighted by atomic mass is 9.77. The van der Waals surface area contributed by atoms with Gasteiger partial charge in [0, 0.05) is 5.57 Å². The van der Waals surface area contributed by atoms with Crippen LogP contribution in [-0.2, 0) is 19.1 Å². The van der Waals surface area contributed by atoms with Crippen LogP contribution in [-0.4, -0.2) is 25.2 Å². The van der Waals surface area contributed by atoms with Gasteiger partial charge in [0.05, 0.1) is 19.1 Å². The molecule has 0 radical (unpaired) electrons. The van der Waals surface area contributed by atoms with Crippen molar-refractivity contribution in [3.8, 4) is 0 Å². The zero-order chi connectivity index (χ0) is 17.1. The van der Waals surface area contributed by atoms with Gasteiger partial charge in [0.25, 0.3) is 0 Å². The van der Waals surface area contributed by atoms with E-state index in [2.05, 4.69) is 13.5 Å². The van der Waals surface area contributed by atoms with Crippen molar-refractivity contribution in [3.63, 3.8) is 0 Å². The lowest BCUT2D eigenvalue weighted by molar-refractivity contribution is -0.153. The van der Waals surface area contributed by atoms with Crippen LogP contribution in [0.25, 0.3) is 0 Å². The largest absolute Gasteiger partial charge is 0.465 e. The maximum Gasteiger partial charge on any atom is 0.334 e. The Bertz CT molecular complexity index is 383. The number of hydrogen-bond acceptors (Lipinski definition) is 4. The number of rotatable bonds is 10. The summed E-state index contributed by atoms with van der Waals surface area (Å²) < 4.78 is 10.6. The smallest absolute Gasteiger partial charge is 0.334 e. The molecule has 1 aliphatic rings. The first-order valence-corrected chi connectivity index (χ1v) is 9.14. The average molecular weight is 324 g/mol. The minimum Gasteiger partial charge on any atom is -0.465 e. The zero-order valence-electron chi connectivity index (χ0n) is 14.8. The predicted molar refractivity (Wildman–Crippen MR) is 90.9 cm³/mol. The molecule has 1 aliphatic carbocycles. The van der Waals surface area contributed by atoms with Crippen molar-refractivity contribution >= 4 is 11.9 Å². The molecule has 1 atom stereocenters. The van der Waals surface area contributed by atoms with E-state index in [4.69, 9.17) is 9.47 Å². The fourth-order valence-corrected chi connectivity index (χ4v) is 3.02. The van der Waals surface area contributed by atoms with Gasteiger partial charge in [-0.15, -0.1) is 0 Å². The third-order valence-electron chi connectivity index (χ3n) is 4.49. The Hall–Kier alpha value is -1.32. The van der Waals surface area contributed by atoms with Gasteiger partial charge in [-0.2, -0.15) is 0 Å². The van der Waals surface area contributed by atoms with Crippen LogP contribution in [0.3, 0.4) is 0 Å². The van der Waals surface area contributed by atoms with Gasteiger partial charge in [-0.1, -0.05) is 52.5 Å². The Labute approximate surface area is 140 Å². The number of unbranched alkanes of at least 4 members (excludes halogenated alkanes) is 2. The van der Waals surface area contributed by atoms with Gasteiger partial charge < -0.3 is 9.47 Å². The minimum atomic E-state index is -0.540. The van der Waals surface area contributed by atoms with E-state index in [1.807, 2.05) is 6.92 Å². The average Bonchev–Trinajstić information content (AvgIpc) is 2.56. The maximum absolute atomic E-state index is 12.5. The molecule has 0 aromatic carbocycles. The van der Waals surface area contributed by atoms with Crippen LogP contribution in [0.5, 0.6) is 0 Å². The third kappa shape index (κ3) is 6.76. The van der Waals surface area contributed by atoms with Crippen molar-refractivity contribution in [2.24, 2.45) is 11.8 Å². The molecule has 0 aliphatic heterocycles. The summed E-state index contributed by atoms with van der Waals surface area (Å²) in [7, 11) is 0. The summed E-state index contributed by atoms with van der Waals surface area (Å²) in [6.45, 7) is 8.77. The normalized spacial score (nSPS) is 16.6. The number of esters is 2. The fourth-order valence-electron chi connectivity index (χ4n) is 3.02. The highest BCUT2D eigenvalue weighted by Crippen LogP contribution is 2.34. The van der Waals surface area contributed by atoms with Gasteiger partial charge in [0.2, 0.25) is 0 Å². The van der Waals surface area contributed by atoms with Crippen molar-refractivity contribution in [2.75, 3.05) is 13.2 Å². The summed E-state index contributed by atoms with van der Waals surface area (Å²) in [4.78, 5) is 24.7. The van der Waals surface area contributed by atoms with Crippen LogP contribution in [0.1, 0.15) is 71.6 Å². The molecular formula is C19H32O4. The molecule has 0 heterocycles. The van der Waals surface area contributed by atoms with Gasteiger partial charge in [-0.05, 0) is 31.6 Å². The fraction of sp³-hybridized carbons (Fsp3) is 0.789. The van der Waals surface area contributed by atoms with Crippen LogP contribution < -0.4 is 0 Å². The number of carbonyl (C=O) groups is 2. The highest BCUT2D eigenvalue weighted by atomic mass is 16.5. The van der Waals surface area contributed by atoms with Crippen molar-refractivity contribution in [1.82, 2.24) is 0 Å². The molecule has 1 fully saturated rings. The Kier molecular flexibility index (Phi) is 9.65. The summed E-state index contributed by atoms with van der Waals surface area (Å²) in [6, 6.07) is 0. The Morgan fingerprint density at radius 2 is 1.57 bits per heavy atom. The Balaban J connectivity index is 2.70. The minimum absolute atomic E-state index is 0.157. The summed E-state index contributed by atoms with van der Waals surface area (Å²) in [5.74, 6) is -1.13. The molecular weight excluding hydrogens is 292 g/mol.